The fourth-order valence-corrected chi connectivity index (χ4v) is 4.80. The van der Waals surface area contributed by atoms with Gasteiger partial charge in [0.15, 0.2) is 0 Å². The topological polar surface area (TPSA) is 52.4 Å². The number of nitrogens with zero attached hydrogens (tertiary/aromatic N) is 4. The number of alkyl halides is 3. The number of benzene rings is 1. The third kappa shape index (κ3) is 3.43. The van der Waals surface area contributed by atoms with Crippen LogP contribution in [-0.4, -0.2) is 58.3 Å². The lowest BCUT2D eigenvalue weighted by Crippen LogP contribution is -2.38. The Kier molecular flexibility index (Phi) is 4.81. The molecule has 2 atom stereocenters. The fraction of sp³-hybridized carbons (Fsp3) is 0.579. The van der Waals surface area contributed by atoms with E-state index in [1.807, 2.05) is 4.68 Å². The average Bonchev–Trinajstić information content (AvgIpc) is 3.32. The number of hydrogen-bond donors (Lipinski definition) is 0. The lowest BCUT2D eigenvalue weighted by Gasteiger charge is -2.30. The average molecular weight is 429 g/mol. The molecule has 0 N–H and O–H groups in total. The van der Waals surface area contributed by atoms with Gasteiger partial charge in [0.25, 0.3) is 0 Å². The Hall–Kier alpha value is -1.68. The maximum Gasteiger partial charge on any atom is 0.416 e. The predicted octanol–water partition coefficient (Wildman–Crippen LogP) is 3.55. The molecule has 3 aliphatic heterocycles. The second-order valence-electron chi connectivity index (χ2n) is 7.74. The van der Waals surface area contributed by atoms with E-state index >= 15 is 0 Å². The molecule has 0 bridgehead atoms. The van der Waals surface area contributed by atoms with Crippen molar-refractivity contribution in [1.82, 2.24) is 19.9 Å². The molecule has 29 heavy (non-hydrogen) atoms. The smallest absolute Gasteiger partial charge is 0.381 e. The zero-order chi connectivity index (χ0) is 20.2. The van der Waals surface area contributed by atoms with Crippen molar-refractivity contribution in [2.45, 2.75) is 43.8 Å². The Balaban J connectivity index is 1.42. The third-order valence-corrected chi connectivity index (χ3v) is 6.38. The molecule has 156 valence electrons. The summed E-state index contributed by atoms with van der Waals surface area (Å²) in [6.45, 7) is 3.52. The Morgan fingerprint density at radius 2 is 1.93 bits per heavy atom. The van der Waals surface area contributed by atoms with E-state index in [2.05, 4.69) is 15.2 Å². The van der Waals surface area contributed by atoms with Gasteiger partial charge in [-0.2, -0.15) is 13.2 Å². The first-order valence-electron chi connectivity index (χ1n) is 9.66. The third-order valence-electron chi connectivity index (χ3n) is 6.06. The van der Waals surface area contributed by atoms with E-state index in [-0.39, 0.29) is 17.2 Å². The molecule has 0 radical (unpaired) electrons. The van der Waals surface area contributed by atoms with Crippen molar-refractivity contribution in [2.75, 3.05) is 26.3 Å². The van der Waals surface area contributed by atoms with Gasteiger partial charge in [0.1, 0.15) is 5.69 Å². The highest BCUT2D eigenvalue weighted by molar-refractivity contribution is 6.33. The van der Waals surface area contributed by atoms with Gasteiger partial charge in [-0.1, -0.05) is 22.9 Å². The molecular weight excluding hydrogens is 409 g/mol. The SMILES string of the molecule is FC(F)(F)c1ccc(-c2nnn3c2CO[C@H]2CN(C4CCOCC4)C[C@@H]23)c(Cl)c1. The second-order valence-corrected chi connectivity index (χ2v) is 8.14. The zero-order valence-electron chi connectivity index (χ0n) is 15.5. The molecule has 1 aromatic heterocycles. The summed E-state index contributed by atoms with van der Waals surface area (Å²) in [6.07, 6.45) is -2.39. The lowest BCUT2D eigenvalue weighted by atomic mass is 10.1. The number of rotatable bonds is 2. The minimum Gasteiger partial charge on any atom is -0.381 e. The summed E-state index contributed by atoms with van der Waals surface area (Å²) < 4.78 is 52.2. The van der Waals surface area contributed by atoms with Crippen LogP contribution in [-0.2, 0) is 22.3 Å². The molecular formula is C19H20ClF3N4O2. The van der Waals surface area contributed by atoms with Crippen molar-refractivity contribution in [3.63, 3.8) is 0 Å². The van der Waals surface area contributed by atoms with Gasteiger partial charge in [0, 0.05) is 37.9 Å². The molecule has 0 aliphatic carbocycles. The van der Waals surface area contributed by atoms with Crippen molar-refractivity contribution >= 4 is 11.6 Å². The van der Waals surface area contributed by atoms with Crippen molar-refractivity contribution in [2.24, 2.45) is 0 Å². The summed E-state index contributed by atoms with van der Waals surface area (Å²) in [5.74, 6) is 0. The Bertz CT molecular complexity index is 913. The van der Waals surface area contributed by atoms with E-state index in [1.165, 1.54) is 6.07 Å². The second kappa shape index (κ2) is 7.23. The number of hydrogen-bond acceptors (Lipinski definition) is 5. The summed E-state index contributed by atoms with van der Waals surface area (Å²) in [6, 6.07) is 3.81. The molecule has 2 fully saturated rings. The molecule has 0 unspecified atom stereocenters. The molecule has 0 saturated carbocycles. The zero-order valence-corrected chi connectivity index (χ0v) is 16.3. The van der Waals surface area contributed by atoms with Crippen LogP contribution in [0.25, 0.3) is 11.3 Å². The number of aromatic nitrogens is 3. The quantitative estimate of drug-likeness (QED) is 0.732. The van der Waals surface area contributed by atoms with E-state index in [4.69, 9.17) is 21.1 Å². The molecule has 2 saturated heterocycles. The van der Waals surface area contributed by atoms with Crippen LogP contribution in [0.2, 0.25) is 5.02 Å². The van der Waals surface area contributed by atoms with Crippen LogP contribution in [0, 0.1) is 0 Å². The Morgan fingerprint density at radius 3 is 2.66 bits per heavy atom. The highest BCUT2D eigenvalue weighted by atomic mass is 35.5. The highest BCUT2D eigenvalue weighted by Gasteiger charge is 2.43. The monoisotopic (exact) mass is 428 g/mol. The first-order chi connectivity index (χ1) is 13.9. The molecule has 0 amide bonds. The minimum atomic E-state index is -4.44. The van der Waals surface area contributed by atoms with E-state index in [0.717, 1.165) is 57.0 Å². The van der Waals surface area contributed by atoms with E-state index in [0.29, 0.717) is 23.9 Å². The Labute approximate surface area is 170 Å². The number of halogens is 4. The van der Waals surface area contributed by atoms with Gasteiger partial charge < -0.3 is 9.47 Å². The summed E-state index contributed by atoms with van der Waals surface area (Å²) in [7, 11) is 0. The molecule has 2 aromatic rings. The number of likely N-dealkylation sites (tertiary alicyclic amines) is 1. The van der Waals surface area contributed by atoms with Crippen LogP contribution in [0.15, 0.2) is 18.2 Å². The van der Waals surface area contributed by atoms with Gasteiger partial charge in [0.2, 0.25) is 0 Å². The molecule has 10 heteroatoms. The van der Waals surface area contributed by atoms with Crippen LogP contribution >= 0.6 is 11.6 Å². The van der Waals surface area contributed by atoms with Crippen LogP contribution < -0.4 is 0 Å². The van der Waals surface area contributed by atoms with E-state index < -0.39 is 11.7 Å². The molecule has 5 rings (SSSR count). The highest BCUT2D eigenvalue weighted by Crippen LogP contribution is 2.39. The first-order valence-corrected chi connectivity index (χ1v) is 10.0. The molecule has 3 aliphatic rings. The summed E-state index contributed by atoms with van der Waals surface area (Å²) in [5, 5.41) is 8.57. The largest absolute Gasteiger partial charge is 0.416 e. The maximum absolute atomic E-state index is 12.9. The maximum atomic E-state index is 12.9. The number of ether oxygens (including phenoxy) is 2. The molecule has 0 spiro atoms. The molecule has 6 nitrogen and oxygen atoms in total. The normalized spacial score (nSPS) is 25.8. The van der Waals surface area contributed by atoms with Crippen LogP contribution in [0.5, 0.6) is 0 Å². The van der Waals surface area contributed by atoms with Crippen molar-refractivity contribution < 1.29 is 22.6 Å². The first kappa shape index (κ1) is 19.3. The van der Waals surface area contributed by atoms with Crippen LogP contribution in [0.4, 0.5) is 13.2 Å². The van der Waals surface area contributed by atoms with E-state index in [9.17, 15) is 13.2 Å². The lowest BCUT2D eigenvalue weighted by molar-refractivity contribution is -0.137. The van der Waals surface area contributed by atoms with Gasteiger partial charge in [0.05, 0.1) is 35.0 Å². The predicted molar refractivity (Wildman–Crippen MR) is 98.5 cm³/mol. The fourth-order valence-electron chi connectivity index (χ4n) is 4.53. The molecule has 1 aromatic carbocycles. The summed E-state index contributed by atoms with van der Waals surface area (Å²) in [5.41, 5.74) is 0.877. The van der Waals surface area contributed by atoms with Crippen molar-refractivity contribution in [3.05, 3.63) is 34.5 Å². The standard InChI is InChI=1S/C19H20ClF3N4O2/c20-14-7-11(19(21,22)23)1-2-13(14)18-16-10-29-17-9-26(12-3-5-28-6-4-12)8-15(17)27(16)25-24-18/h1-2,7,12,15,17H,3-6,8-10H2/t15-,17-/m0/s1. The van der Waals surface area contributed by atoms with Crippen molar-refractivity contribution in [1.29, 1.82) is 0 Å². The van der Waals surface area contributed by atoms with Crippen molar-refractivity contribution in [3.8, 4) is 11.3 Å². The van der Waals surface area contributed by atoms with E-state index in [1.54, 1.807) is 0 Å². The van der Waals surface area contributed by atoms with Gasteiger partial charge in [-0.3, -0.25) is 4.90 Å². The number of fused-ring (bicyclic) bond motifs is 3. The summed E-state index contributed by atoms with van der Waals surface area (Å²) in [4.78, 5) is 2.43. The van der Waals surface area contributed by atoms with Gasteiger partial charge >= 0.3 is 6.18 Å². The van der Waals surface area contributed by atoms with Crippen LogP contribution in [0.1, 0.15) is 30.1 Å². The van der Waals surface area contributed by atoms with Gasteiger partial charge in [-0.05, 0) is 25.0 Å². The van der Waals surface area contributed by atoms with Gasteiger partial charge in [-0.25, -0.2) is 4.68 Å². The van der Waals surface area contributed by atoms with Crippen LogP contribution in [0.3, 0.4) is 0 Å². The van der Waals surface area contributed by atoms with Gasteiger partial charge in [-0.15, -0.1) is 5.10 Å². The summed E-state index contributed by atoms with van der Waals surface area (Å²) >= 11 is 6.17. The Morgan fingerprint density at radius 1 is 1.14 bits per heavy atom. The molecule has 4 heterocycles. The minimum absolute atomic E-state index is 0.000465.